The van der Waals surface area contributed by atoms with E-state index in [0.717, 1.165) is 25.9 Å². The van der Waals surface area contributed by atoms with E-state index in [0.29, 0.717) is 16.4 Å². The number of likely N-dealkylation sites (tertiary alicyclic amines) is 1. The fraction of sp³-hybridized carbons (Fsp3) is 0.389. The van der Waals surface area contributed by atoms with Crippen molar-refractivity contribution in [2.45, 2.75) is 18.9 Å². The molecule has 0 aliphatic carbocycles. The minimum atomic E-state index is -0.346. The molecule has 0 unspecified atom stereocenters. The van der Waals surface area contributed by atoms with Crippen molar-refractivity contribution in [2.75, 3.05) is 25.5 Å². The third kappa shape index (κ3) is 4.23. The summed E-state index contributed by atoms with van der Waals surface area (Å²) in [4.78, 5) is 27.0. The monoisotopic (exact) mass is 375 g/mol. The molecule has 3 rings (SSSR count). The highest BCUT2D eigenvalue weighted by Crippen LogP contribution is 2.18. The Kier molecular flexibility index (Phi) is 5.58. The highest BCUT2D eigenvalue weighted by molar-refractivity contribution is 6.34. The van der Waals surface area contributed by atoms with E-state index in [1.54, 1.807) is 37.4 Å². The smallest absolute Gasteiger partial charge is 0.272 e. The number of carbonyl (C=O) groups is 2. The molecule has 0 atom stereocenters. The molecule has 1 aromatic carbocycles. The summed E-state index contributed by atoms with van der Waals surface area (Å²) in [6.45, 7) is 1.93. The maximum atomic E-state index is 12.4. The van der Waals surface area contributed by atoms with E-state index >= 15 is 0 Å². The van der Waals surface area contributed by atoms with Gasteiger partial charge in [0.15, 0.2) is 5.69 Å². The number of nitrogens with zero attached hydrogens (tertiary/aromatic N) is 3. The van der Waals surface area contributed by atoms with E-state index in [-0.39, 0.29) is 23.6 Å². The standard InChI is InChI=1S/C18H22ClN5O2/c1-23-9-7-12(8-10-23)20-18(26)15-11-16(24(2)22-15)21-17(25)13-5-3-4-6-14(13)19/h3-6,11-12H,7-10H2,1-2H3,(H,20,26)(H,21,25). The number of aromatic nitrogens is 2. The molecule has 26 heavy (non-hydrogen) atoms. The van der Waals surface area contributed by atoms with Crippen LogP contribution in [0.5, 0.6) is 0 Å². The van der Waals surface area contributed by atoms with Gasteiger partial charge in [-0.15, -0.1) is 0 Å². The Morgan fingerprint density at radius 1 is 1.15 bits per heavy atom. The normalized spacial score (nSPS) is 15.7. The van der Waals surface area contributed by atoms with Gasteiger partial charge in [0.2, 0.25) is 0 Å². The molecule has 8 heteroatoms. The molecular formula is C18H22ClN5O2. The van der Waals surface area contributed by atoms with Gasteiger partial charge in [0, 0.05) is 19.2 Å². The van der Waals surface area contributed by atoms with Crippen LogP contribution in [0, 0.1) is 0 Å². The van der Waals surface area contributed by atoms with Crippen LogP contribution in [0.4, 0.5) is 5.82 Å². The Hall–Kier alpha value is -2.38. The summed E-state index contributed by atoms with van der Waals surface area (Å²) in [6.07, 6.45) is 1.84. The molecule has 1 aromatic heterocycles. The Labute approximate surface area is 157 Å². The zero-order chi connectivity index (χ0) is 18.7. The largest absolute Gasteiger partial charge is 0.348 e. The molecule has 0 spiro atoms. The number of carbonyl (C=O) groups excluding carboxylic acids is 2. The van der Waals surface area contributed by atoms with Gasteiger partial charge in [-0.2, -0.15) is 5.10 Å². The molecule has 0 radical (unpaired) electrons. The van der Waals surface area contributed by atoms with Gasteiger partial charge in [-0.3, -0.25) is 14.3 Å². The average Bonchev–Trinajstić information content (AvgIpc) is 2.98. The van der Waals surface area contributed by atoms with Gasteiger partial charge in [-0.25, -0.2) is 0 Å². The van der Waals surface area contributed by atoms with Crippen molar-refractivity contribution in [1.29, 1.82) is 0 Å². The zero-order valence-corrected chi connectivity index (χ0v) is 15.6. The molecular weight excluding hydrogens is 354 g/mol. The lowest BCUT2D eigenvalue weighted by Gasteiger charge is -2.29. The first-order chi connectivity index (χ1) is 12.4. The van der Waals surface area contributed by atoms with Crippen LogP contribution < -0.4 is 10.6 Å². The van der Waals surface area contributed by atoms with Gasteiger partial charge in [-0.1, -0.05) is 23.7 Å². The first kappa shape index (κ1) is 18.4. The van der Waals surface area contributed by atoms with Crippen LogP contribution in [0.25, 0.3) is 0 Å². The number of benzene rings is 1. The predicted octanol–water partition coefficient (Wildman–Crippen LogP) is 2.15. The van der Waals surface area contributed by atoms with Crippen molar-refractivity contribution in [2.24, 2.45) is 7.05 Å². The van der Waals surface area contributed by atoms with Crippen molar-refractivity contribution in [3.05, 3.63) is 46.6 Å². The van der Waals surface area contributed by atoms with E-state index in [9.17, 15) is 9.59 Å². The number of anilines is 1. The number of nitrogens with one attached hydrogen (secondary N) is 2. The summed E-state index contributed by atoms with van der Waals surface area (Å²) >= 11 is 6.05. The first-order valence-electron chi connectivity index (χ1n) is 8.53. The first-order valence-corrected chi connectivity index (χ1v) is 8.91. The third-order valence-electron chi connectivity index (χ3n) is 4.53. The summed E-state index contributed by atoms with van der Waals surface area (Å²) in [7, 11) is 3.75. The van der Waals surface area contributed by atoms with Crippen LogP contribution in [-0.4, -0.2) is 52.7 Å². The highest BCUT2D eigenvalue weighted by Gasteiger charge is 2.21. The van der Waals surface area contributed by atoms with Crippen LogP contribution in [0.1, 0.15) is 33.7 Å². The molecule has 2 amide bonds. The van der Waals surface area contributed by atoms with Crippen LogP contribution in [0.15, 0.2) is 30.3 Å². The Morgan fingerprint density at radius 2 is 1.85 bits per heavy atom. The summed E-state index contributed by atoms with van der Waals surface area (Å²) in [5.41, 5.74) is 0.647. The van der Waals surface area contributed by atoms with Gasteiger partial charge < -0.3 is 15.5 Å². The van der Waals surface area contributed by atoms with Gasteiger partial charge in [0.25, 0.3) is 11.8 Å². The maximum absolute atomic E-state index is 12.4. The van der Waals surface area contributed by atoms with Crippen molar-refractivity contribution in [1.82, 2.24) is 20.0 Å². The topological polar surface area (TPSA) is 79.3 Å². The van der Waals surface area contributed by atoms with E-state index in [4.69, 9.17) is 11.6 Å². The Bertz CT molecular complexity index is 812. The lowest BCUT2D eigenvalue weighted by Crippen LogP contribution is -2.43. The van der Waals surface area contributed by atoms with E-state index in [1.807, 2.05) is 0 Å². The predicted molar refractivity (Wildman–Crippen MR) is 101 cm³/mol. The van der Waals surface area contributed by atoms with E-state index in [2.05, 4.69) is 27.7 Å². The molecule has 1 aliphatic rings. The molecule has 1 aliphatic heterocycles. The molecule has 2 N–H and O–H groups in total. The molecule has 2 aromatic rings. The molecule has 138 valence electrons. The average molecular weight is 376 g/mol. The number of amides is 2. The van der Waals surface area contributed by atoms with Crippen molar-refractivity contribution >= 4 is 29.2 Å². The second kappa shape index (κ2) is 7.88. The lowest BCUT2D eigenvalue weighted by atomic mass is 10.1. The number of aryl methyl sites for hydroxylation is 1. The quantitative estimate of drug-likeness (QED) is 0.858. The second-order valence-corrected chi connectivity index (χ2v) is 6.93. The highest BCUT2D eigenvalue weighted by atomic mass is 35.5. The lowest BCUT2D eigenvalue weighted by molar-refractivity contribution is 0.0910. The summed E-state index contributed by atoms with van der Waals surface area (Å²) in [5, 5.41) is 10.3. The molecule has 0 saturated carbocycles. The molecule has 2 heterocycles. The van der Waals surface area contributed by atoms with E-state index < -0.39 is 0 Å². The van der Waals surface area contributed by atoms with Gasteiger partial charge in [-0.05, 0) is 45.1 Å². The molecule has 7 nitrogen and oxygen atoms in total. The van der Waals surface area contributed by atoms with Crippen molar-refractivity contribution in [3.63, 3.8) is 0 Å². The summed E-state index contributed by atoms with van der Waals surface area (Å²) < 4.78 is 1.47. The number of hydrogen-bond acceptors (Lipinski definition) is 4. The van der Waals surface area contributed by atoms with Crippen LogP contribution in [0.2, 0.25) is 5.02 Å². The Morgan fingerprint density at radius 3 is 2.54 bits per heavy atom. The molecule has 1 fully saturated rings. The summed E-state index contributed by atoms with van der Waals surface area (Å²) in [6, 6.07) is 8.52. The number of halogens is 1. The van der Waals surface area contributed by atoms with E-state index in [1.165, 1.54) is 4.68 Å². The van der Waals surface area contributed by atoms with Crippen molar-refractivity contribution < 1.29 is 9.59 Å². The fourth-order valence-corrected chi connectivity index (χ4v) is 3.16. The minimum absolute atomic E-state index is 0.155. The number of hydrogen-bond donors (Lipinski definition) is 2. The number of rotatable bonds is 4. The zero-order valence-electron chi connectivity index (χ0n) is 14.8. The SMILES string of the molecule is CN1CCC(NC(=O)c2cc(NC(=O)c3ccccc3Cl)n(C)n2)CC1. The molecule has 1 saturated heterocycles. The Balaban J connectivity index is 1.66. The van der Waals surface area contributed by atoms with Crippen LogP contribution in [-0.2, 0) is 7.05 Å². The van der Waals surface area contributed by atoms with Crippen LogP contribution in [0.3, 0.4) is 0 Å². The third-order valence-corrected chi connectivity index (χ3v) is 4.86. The fourth-order valence-electron chi connectivity index (χ4n) is 2.94. The maximum Gasteiger partial charge on any atom is 0.272 e. The second-order valence-electron chi connectivity index (χ2n) is 6.52. The van der Waals surface area contributed by atoms with Crippen molar-refractivity contribution in [3.8, 4) is 0 Å². The van der Waals surface area contributed by atoms with Crippen LogP contribution >= 0.6 is 11.6 Å². The van der Waals surface area contributed by atoms with Gasteiger partial charge >= 0.3 is 0 Å². The van der Waals surface area contributed by atoms with Gasteiger partial charge in [0.05, 0.1) is 10.6 Å². The minimum Gasteiger partial charge on any atom is -0.348 e. The molecule has 0 bridgehead atoms. The van der Waals surface area contributed by atoms with Gasteiger partial charge in [0.1, 0.15) is 5.82 Å². The number of piperidine rings is 1. The summed E-state index contributed by atoms with van der Waals surface area (Å²) in [5.74, 6) is -0.141.